The molecule has 0 saturated carbocycles. The molecule has 1 saturated heterocycles. The van der Waals surface area contributed by atoms with Crippen LogP contribution in [0.1, 0.15) is 10.4 Å². The van der Waals surface area contributed by atoms with Gasteiger partial charge in [0.2, 0.25) is 0 Å². The summed E-state index contributed by atoms with van der Waals surface area (Å²) in [4.78, 5) is 14.4. The van der Waals surface area contributed by atoms with Gasteiger partial charge in [0.25, 0.3) is 5.91 Å². The molecule has 1 N–H and O–H groups in total. The highest BCUT2D eigenvalue weighted by Gasteiger charge is 2.17. The van der Waals surface area contributed by atoms with E-state index in [1.54, 1.807) is 6.07 Å². The molecular weight excluding hydrogens is 319 g/mol. The van der Waals surface area contributed by atoms with Gasteiger partial charge in [0.1, 0.15) is 5.82 Å². The quantitative estimate of drug-likeness (QED) is 0.933. The maximum Gasteiger partial charge on any atom is 0.260 e. The van der Waals surface area contributed by atoms with E-state index >= 15 is 0 Å². The zero-order chi connectivity index (χ0) is 16.2. The van der Waals surface area contributed by atoms with Crippen LogP contribution in [-0.4, -0.2) is 32.2 Å². The van der Waals surface area contributed by atoms with Crippen LogP contribution in [0.3, 0.4) is 0 Å². The van der Waals surface area contributed by atoms with Gasteiger partial charge in [-0.2, -0.15) is 0 Å². The normalized spacial score (nSPS) is 14.6. The Balaban J connectivity index is 1.79. The standard InChI is InChI=1S/C17H16ClFN2O2/c18-14-5-2-6-15(19)16(14)17(22)20-12-3-1-4-13(11-12)21-7-9-23-10-8-21/h1-6,11H,7-10H2,(H,20,22). The first-order valence-corrected chi connectivity index (χ1v) is 7.71. The fourth-order valence-corrected chi connectivity index (χ4v) is 2.76. The summed E-state index contributed by atoms with van der Waals surface area (Å²) in [5, 5.41) is 2.79. The van der Waals surface area contributed by atoms with E-state index in [1.165, 1.54) is 18.2 Å². The Labute approximate surface area is 138 Å². The van der Waals surface area contributed by atoms with Crippen molar-refractivity contribution in [2.24, 2.45) is 0 Å². The maximum atomic E-state index is 13.8. The molecule has 0 atom stereocenters. The largest absolute Gasteiger partial charge is 0.378 e. The molecule has 0 radical (unpaired) electrons. The van der Waals surface area contributed by atoms with Crippen molar-refractivity contribution < 1.29 is 13.9 Å². The van der Waals surface area contributed by atoms with Crippen molar-refractivity contribution in [3.8, 4) is 0 Å². The van der Waals surface area contributed by atoms with E-state index in [9.17, 15) is 9.18 Å². The summed E-state index contributed by atoms with van der Waals surface area (Å²) >= 11 is 5.92. The van der Waals surface area contributed by atoms with Crippen LogP contribution >= 0.6 is 11.6 Å². The number of hydrogen-bond acceptors (Lipinski definition) is 3. The van der Waals surface area contributed by atoms with Gasteiger partial charge in [-0.3, -0.25) is 4.79 Å². The number of carbonyl (C=O) groups is 1. The van der Waals surface area contributed by atoms with Gasteiger partial charge in [0, 0.05) is 24.5 Å². The van der Waals surface area contributed by atoms with Gasteiger partial charge >= 0.3 is 0 Å². The van der Waals surface area contributed by atoms with Gasteiger partial charge < -0.3 is 15.0 Å². The van der Waals surface area contributed by atoms with Crippen LogP contribution in [0, 0.1) is 5.82 Å². The minimum atomic E-state index is -0.640. The molecule has 6 heteroatoms. The van der Waals surface area contributed by atoms with E-state index in [1.807, 2.05) is 18.2 Å². The summed E-state index contributed by atoms with van der Waals surface area (Å²) in [5.41, 5.74) is 1.44. The van der Waals surface area contributed by atoms with Crippen LogP contribution in [0.2, 0.25) is 5.02 Å². The van der Waals surface area contributed by atoms with Crippen LogP contribution in [0.25, 0.3) is 0 Å². The van der Waals surface area contributed by atoms with Crippen LogP contribution in [0.4, 0.5) is 15.8 Å². The van der Waals surface area contributed by atoms with Crippen molar-refractivity contribution >= 4 is 28.9 Å². The van der Waals surface area contributed by atoms with Crippen LogP contribution in [0.5, 0.6) is 0 Å². The Morgan fingerprint density at radius 3 is 2.65 bits per heavy atom. The molecule has 1 amide bonds. The molecule has 0 aliphatic carbocycles. The van der Waals surface area contributed by atoms with Gasteiger partial charge in [-0.05, 0) is 30.3 Å². The van der Waals surface area contributed by atoms with Gasteiger partial charge in [0.05, 0.1) is 23.8 Å². The summed E-state index contributed by atoms with van der Waals surface area (Å²) in [6.45, 7) is 2.97. The second kappa shape index (κ2) is 6.98. The van der Waals surface area contributed by atoms with Crippen molar-refractivity contribution in [3.63, 3.8) is 0 Å². The minimum Gasteiger partial charge on any atom is -0.378 e. The SMILES string of the molecule is O=C(Nc1cccc(N2CCOCC2)c1)c1c(F)cccc1Cl. The van der Waals surface area contributed by atoms with Gasteiger partial charge in [-0.25, -0.2) is 4.39 Å². The second-order valence-corrected chi connectivity index (χ2v) is 5.61. The number of amides is 1. The average Bonchev–Trinajstić information content (AvgIpc) is 2.56. The highest BCUT2D eigenvalue weighted by molar-refractivity contribution is 6.34. The summed E-state index contributed by atoms with van der Waals surface area (Å²) in [5.74, 6) is -1.20. The zero-order valence-electron chi connectivity index (χ0n) is 12.4. The predicted molar refractivity (Wildman–Crippen MR) is 88.8 cm³/mol. The maximum absolute atomic E-state index is 13.8. The Hall–Kier alpha value is -2.11. The molecule has 1 heterocycles. The fraction of sp³-hybridized carbons (Fsp3) is 0.235. The first-order chi connectivity index (χ1) is 11.1. The molecule has 2 aromatic rings. The molecule has 3 rings (SSSR count). The highest BCUT2D eigenvalue weighted by atomic mass is 35.5. The molecule has 0 unspecified atom stereocenters. The molecule has 1 aliphatic rings. The lowest BCUT2D eigenvalue weighted by Gasteiger charge is -2.29. The van der Waals surface area contributed by atoms with E-state index in [0.717, 1.165) is 18.8 Å². The van der Waals surface area contributed by atoms with E-state index in [0.29, 0.717) is 18.9 Å². The molecule has 1 aliphatic heterocycles. The van der Waals surface area contributed by atoms with E-state index in [4.69, 9.17) is 16.3 Å². The number of halogens is 2. The summed E-state index contributed by atoms with van der Waals surface area (Å²) in [6, 6.07) is 11.6. The number of benzene rings is 2. The molecule has 0 bridgehead atoms. The molecular formula is C17H16ClFN2O2. The summed E-state index contributed by atoms with van der Waals surface area (Å²) < 4.78 is 19.1. The third-order valence-electron chi connectivity index (χ3n) is 3.67. The monoisotopic (exact) mass is 334 g/mol. The van der Waals surface area contributed by atoms with E-state index in [2.05, 4.69) is 10.2 Å². The topological polar surface area (TPSA) is 41.6 Å². The predicted octanol–water partition coefficient (Wildman–Crippen LogP) is 3.57. The molecule has 23 heavy (non-hydrogen) atoms. The average molecular weight is 335 g/mol. The van der Waals surface area contributed by atoms with Crippen molar-refractivity contribution in [3.05, 3.63) is 58.9 Å². The summed E-state index contributed by atoms with van der Waals surface area (Å²) in [6.07, 6.45) is 0. The third-order valence-corrected chi connectivity index (χ3v) is 3.99. The lowest BCUT2D eigenvalue weighted by Crippen LogP contribution is -2.36. The van der Waals surface area contributed by atoms with Crippen LogP contribution in [0.15, 0.2) is 42.5 Å². The number of ether oxygens (including phenoxy) is 1. The smallest absolute Gasteiger partial charge is 0.260 e. The van der Waals surface area contributed by atoms with Crippen LogP contribution < -0.4 is 10.2 Å². The lowest BCUT2D eigenvalue weighted by atomic mass is 10.2. The highest BCUT2D eigenvalue weighted by Crippen LogP contribution is 2.23. The van der Waals surface area contributed by atoms with Crippen molar-refractivity contribution in [2.45, 2.75) is 0 Å². The van der Waals surface area contributed by atoms with Gasteiger partial charge in [-0.1, -0.05) is 23.7 Å². The van der Waals surface area contributed by atoms with Gasteiger partial charge in [-0.15, -0.1) is 0 Å². The van der Waals surface area contributed by atoms with Crippen LogP contribution in [-0.2, 0) is 4.74 Å². The van der Waals surface area contributed by atoms with Crippen molar-refractivity contribution in [2.75, 3.05) is 36.5 Å². The number of morpholine rings is 1. The first-order valence-electron chi connectivity index (χ1n) is 7.33. The molecule has 120 valence electrons. The minimum absolute atomic E-state index is 0.0897. The Morgan fingerprint density at radius 2 is 1.91 bits per heavy atom. The van der Waals surface area contributed by atoms with E-state index in [-0.39, 0.29) is 10.6 Å². The number of rotatable bonds is 3. The Kier molecular flexibility index (Phi) is 4.79. The Bertz CT molecular complexity index is 697. The fourth-order valence-electron chi connectivity index (χ4n) is 2.51. The third kappa shape index (κ3) is 3.63. The number of nitrogens with zero attached hydrogens (tertiary/aromatic N) is 1. The zero-order valence-corrected chi connectivity index (χ0v) is 13.1. The number of hydrogen-bond donors (Lipinski definition) is 1. The Morgan fingerprint density at radius 1 is 1.17 bits per heavy atom. The molecule has 0 spiro atoms. The number of anilines is 2. The molecule has 2 aromatic carbocycles. The van der Waals surface area contributed by atoms with E-state index < -0.39 is 11.7 Å². The van der Waals surface area contributed by atoms with Crippen molar-refractivity contribution in [1.29, 1.82) is 0 Å². The molecule has 4 nitrogen and oxygen atoms in total. The second-order valence-electron chi connectivity index (χ2n) is 5.20. The van der Waals surface area contributed by atoms with Crippen molar-refractivity contribution in [1.82, 2.24) is 0 Å². The molecule has 1 fully saturated rings. The molecule has 0 aromatic heterocycles. The first kappa shape index (κ1) is 15.8. The summed E-state index contributed by atoms with van der Waals surface area (Å²) in [7, 11) is 0. The van der Waals surface area contributed by atoms with Gasteiger partial charge in [0.15, 0.2) is 0 Å². The number of nitrogens with one attached hydrogen (secondary N) is 1. The number of carbonyl (C=O) groups excluding carboxylic acids is 1. The lowest BCUT2D eigenvalue weighted by molar-refractivity contribution is 0.102.